The van der Waals surface area contributed by atoms with E-state index in [0.717, 1.165) is 31.2 Å². The van der Waals surface area contributed by atoms with E-state index in [1.165, 1.54) is 0 Å². The fourth-order valence-electron chi connectivity index (χ4n) is 2.51. The fourth-order valence-corrected chi connectivity index (χ4v) is 2.83. The normalized spacial score (nSPS) is 15.4. The van der Waals surface area contributed by atoms with Crippen LogP contribution in [-0.4, -0.2) is 30.6 Å². The molecule has 0 aromatic heterocycles. The molecule has 118 valence electrons. The van der Waals surface area contributed by atoms with Gasteiger partial charge in [0.1, 0.15) is 0 Å². The third kappa shape index (κ3) is 4.79. The van der Waals surface area contributed by atoms with Gasteiger partial charge in [0, 0.05) is 25.6 Å². The Morgan fingerprint density at radius 2 is 2.05 bits per heavy atom. The van der Waals surface area contributed by atoms with Gasteiger partial charge in [-0.05, 0) is 43.4 Å². The summed E-state index contributed by atoms with van der Waals surface area (Å²) in [5, 5.41) is 12.9. The van der Waals surface area contributed by atoms with E-state index in [4.69, 9.17) is 28.5 Å². The second-order valence-electron chi connectivity index (χ2n) is 5.47. The standard InChI is InChI=1S/C16H19Cl2N3O/c17-14-4-3-12(10-15(14)18)2-1-7-20-16(22)21-8-5-13(11-19)6-9-21/h3-4,10,13H,1-2,5-9H2,(H,20,22). The maximum atomic E-state index is 12.0. The molecular formula is C16H19Cl2N3O. The van der Waals surface area contributed by atoms with Crippen LogP contribution >= 0.6 is 23.2 Å². The van der Waals surface area contributed by atoms with Crippen molar-refractivity contribution in [2.75, 3.05) is 19.6 Å². The molecule has 2 rings (SSSR count). The lowest BCUT2D eigenvalue weighted by atomic mass is 9.99. The minimum Gasteiger partial charge on any atom is -0.338 e. The van der Waals surface area contributed by atoms with Gasteiger partial charge in [0.15, 0.2) is 0 Å². The van der Waals surface area contributed by atoms with E-state index >= 15 is 0 Å². The first-order valence-electron chi connectivity index (χ1n) is 7.46. The Labute approximate surface area is 141 Å². The second kappa shape index (κ2) is 8.26. The number of halogens is 2. The summed E-state index contributed by atoms with van der Waals surface area (Å²) in [6, 6.07) is 7.82. The van der Waals surface area contributed by atoms with Gasteiger partial charge in [-0.1, -0.05) is 29.3 Å². The quantitative estimate of drug-likeness (QED) is 0.846. The molecule has 0 unspecified atom stereocenters. The molecule has 1 aliphatic rings. The van der Waals surface area contributed by atoms with Gasteiger partial charge in [0.05, 0.1) is 16.1 Å². The van der Waals surface area contributed by atoms with E-state index in [0.29, 0.717) is 29.7 Å². The highest BCUT2D eigenvalue weighted by molar-refractivity contribution is 6.42. The van der Waals surface area contributed by atoms with Crippen LogP contribution in [0.25, 0.3) is 0 Å². The average Bonchev–Trinajstić information content (AvgIpc) is 2.54. The number of likely N-dealkylation sites (tertiary alicyclic amines) is 1. The summed E-state index contributed by atoms with van der Waals surface area (Å²) in [5.74, 6) is 0.0960. The Hall–Kier alpha value is -1.44. The number of urea groups is 1. The minimum absolute atomic E-state index is 0.0365. The number of aryl methyl sites for hydroxylation is 1. The van der Waals surface area contributed by atoms with Crippen LogP contribution in [0.5, 0.6) is 0 Å². The number of amides is 2. The van der Waals surface area contributed by atoms with E-state index in [1.807, 2.05) is 12.1 Å². The maximum absolute atomic E-state index is 12.0. The van der Waals surface area contributed by atoms with Crippen LogP contribution in [0.3, 0.4) is 0 Å². The van der Waals surface area contributed by atoms with Crippen molar-refractivity contribution in [3.63, 3.8) is 0 Å². The van der Waals surface area contributed by atoms with Crippen LogP contribution in [0.1, 0.15) is 24.8 Å². The lowest BCUT2D eigenvalue weighted by Crippen LogP contribution is -2.44. The summed E-state index contributed by atoms with van der Waals surface area (Å²) < 4.78 is 0. The monoisotopic (exact) mass is 339 g/mol. The van der Waals surface area contributed by atoms with Crippen molar-refractivity contribution >= 4 is 29.2 Å². The molecule has 0 atom stereocenters. The largest absolute Gasteiger partial charge is 0.338 e. The zero-order valence-corrected chi connectivity index (χ0v) is 13.8. The van der Waals surface area contributed by atoms with Crippen molar-refractivity contribution < 1.29 is 4.79 Å². The van der Waals surface area contributed by atoms with Crippen LogP contribution < -0.4 is 5.32 Å². The number of nitriles is 1. The third-order valence-corrected chi connectivity index (χ3v) is 4.61. The van der Waals surface area contributed by atoms with Crippen molar-refractivity contribution in [2.45, 2.75) is 25.7 Å². The smallest absolute Gasteiger partial charge is 0.317 e. The molecule has 2 amide bonds. The SMILES string of the molecule is N#CC1CCN(C(=O)NCCCc2ccc(Cl)c(Cl)c2)CC1. The molecule has 0 saturated carbocycles. The van der Waals surface area contributed by atoms with Gasteiger partial charge in [0.25, 0.3) is 0 Å². The number of rotatable bonds is 4. The molecule has 1 fully saturated rings. The van der Waals surface area contributed by atoms with Crippen molar-refractivity contribution in [2.24, 2.45) is 5.92 Å². The molecule has 1 N–H and O–H groups in total. The Kier molecular flexibility index (Phi) is 6.35. The summed E-state index contributed by atoms with van der Waals surface area (Å²) in [6.07, 6.45) is 3.23. The molecule has 0 spiro atoms. The Bertz CT molecular complexity index is 563. The number of nitrogens with one attached hydrogen (secondary N) is 1. The summed E-state index contributed by atoms with van der Waals surface area (Å²) in [5.41, 5.74) is 1.11. The second-order valence-corrected chi connectivity index (χ2v) is 6.29. The van der Waals surface area contributed by atoms with Gasteiger partial charge in [-0.15, -0.1) is 0 Å². The highest BCUT2D eigenvalue weighted by Gasteiger charge is 2.21. The molecule has 0 radical (unpaired) electrons. The maximum Gasteiger partial charge on any atom is 0.317 e. The molecule has 1 aromatic carbocycles. The zero-order chi connectivity index (χ0) is 15.9. The number of carbonyl (C=O) groups excluding carboxylic acids is 1. The lowest BCUT2D eigenvalue weighted by molar-refractivity contribution is 0.179. The molecule has 1 heterocycles. The van der Waals surface area contributed by atoms with E-state index < -0.39 is 0 Å². The highest BCUT2D eigenvalue weighted by atomic mass is 35.5. The average molecular weight is 340 g/mol. The van der Waals surface area contributed by atoms with Gasteiger partial charge in [-0.2, -0.15) is 5.26 Å². The minimum atomic E-state index is -0.0365. The number of carbonyl (C=O) groups is 1. The van der Waals surface area contributed by atoms with Crippen LogP contribution in [0.4, 0.5) is 4.79 Å². The number of piperidine rings is 1. The van der Waals surface area contributed by atoms with Gasteiger partial charge in [0.2, 0.25) is 0 Å². The van der Waals surface area contributed by atoms with E-state index in [1.54, 1.807) is 11.0 Å². The number of hydrogen-bond acceptors (Lipinski definition) is 2. The first-order chi connectivity index (χ1) is 10.6. The molecule has 22 heavy (non-hydrogen) atoms. The molecule has 0 bridgehead atoms. The Balaban J connectivity index is 1.67. The lowest BCUT2D eigenvalue weighted by Gasteiger charge is -2.29. The van der Waals surface area contributed by atoms with E-state index in [9.17, 15) is 4.79 Å². The topological polar surface area (TPSA) is 56.1 Å². The summed E-state index contributed by atoms with van der Waals surface area (Å²) in [6.45, 7) is 1.95. The van der Waals surface area contributed by atoms with Gasteiger partial charge < -0.3 is 10.2 Å². The zero-order valence-electron chi connectivity index (χ0n) is 12.3. The summed E-state index contributed by atoms with van der Waals surface area (Å²) in [4.78, 5) is 13.8. The van der Waals surface area contributed by atoms with Crippen LogP contribution in [0.15, 0.2) is 18.2 Å². The molecule has 6 heteroatoms. The highest BCUT2D eigenvalue weighted by Crippen LogP contribution is 2.23. The predicted molar refractivity (Wildman–Crippen MR) is 88.1 cm³/mol. The molecular weight excluding hydrogens is 321 g/mol. The number of hydrogen-bond donors (Lipinski definition) is 1. The van der Waals surface area contributed by atoms with Crippen molar-refractivity contribution in [1.82, 2.24) is 10.2 Å². The molecule has 1 saturated heterocycles. The van der Waals surface area contributed by atoms with Gasteiger partial charge in [-0.3, -0.25) is 0 Å². The van der Waals surface area contributed by atoms with Crippen molar-refractivity contribution in [3.8, 4) is 6.07 Å². The van der Waals surface area contributed by atoms with Crippen LogP contribution in [0, 0.1) is 17.2 Å². The fraction of sp³-hybridized carbons (Fsp3) is 0.500. The molecule has 1 aromatic rings. The molecule has 1 aliphatic heterocycles. The first-order valence-corrected chi connectivity index (χ1v) is 8.22. The first kappa shape index (κ1) is 16.9. The molecule has 0 aliphatic carbocycles. The van der Waals surface area contributed by atoms with Gasteiger partial charge >= 0.3 is 6.03 Å². The van der Waals surface area contributed by atoms with Gasteiger partial charge in [-0.25, -0.2) is 4.79 Å². The summed E-state index contributed by atoms with van der Waals surface area (Å²) >= 11 is 11.8. The van der Waals surface area contributed by atoms with E-state index in [-0.39, 0.29) is 11.9 Å². The Morgan fingerprint density at radius 1 is 1.32 bits per heavy atom. The predicted octanol–water partition coefficient (Wildman–Crippen LogP) is 3.87. The number of nitrogens with zero attached hydrogens (tertiary/aromatic N) is 2. The third-order valence-electron chi connectivity index (χ3n) is 3.87. The van der Waals surface area contributed by atoms with Crippen molar-refractivity contribution in [3.05, 3.63) is 33.8 Å². The Morgan fingerprint density at radius 3 is 2.68 bits per heavy atom. The molecule has 4 nitrogen and oxygen atoms in total. The number of benzene rings is 1. The van der Waals surface area contributed by atoms with Crippen molar-refractivity contribution in [1.29, 1.82) is 5.26 Å². The van der Waals surface area contributed by atoms with Crippen LogP contribution in [-0.2, 0) is 6.42 Å². The van der Waals surface area contributed by atoms with E-state index in [2.05, 4.69) is 11.4 Å². The summed E-state index contributed by atoms with van der Waals surface area (Å²) in [7, 11) is 0. The van der Waals surface area contributed by atoms with Crippen LogP contribution in [0.2, 0.25) is 10.0 Å².